The van der Waals surface area contributed by atoms with Crippen molar-refractivity contribution in [3.63, 3.8) is 0 Å². The number of thiazole rings is 1. The van der Waals surface area contributed by atoms with Crippen molar-refractivity contribution in [1.29, 1.82) is 0 Å². The largest absolute Gasteiger partial charge is 0.303 e. The first-order valence-electron chi connectivity index (χ1n) is 7.22. The molecule has 18 heavy (non-hydrogen) atoms. The van der Waals surface area contributed by atoms with E-state index in [1.165, 1.54) is 56.7 Å². The molecular weight excluding hydrogens is 242 g/mol. The van der Waals surface area contributed by atoms with Crippen LogP contribution in [-0.4, -0.2) is 35.6 Å². The van der Waals surface area contributed by atoms with Gasteiger partial charge in [-0.25, -0.2) is 4.98 Å². The predicted octanol–water partition coefficient (Wildman–Crippen LogP) is 2.60. The molecule has 0 aromatic carbocycles. The second kappa shape index (κ2) is 5.27. The molecule has 3 rings (SSSR count). The number of likely N-dealkylation sites (tertiary alicyclic amines) is 1. The Bertz CT molecular complexity index is 364. The minimum Gasteiger partial charge on any atom is -0.303 e. The first kappa shape index (κ1) is 12.6. The number of nitrogens with one attached hydrogen (secondary N) is 1. The molecule has 1 aromatic rings. The maximum Gasteiger partial charge on any atom is 0.113 e. The van der Waals surface area contributed by atoms with Crippen LogP contribution in [0.1, 0.15) is 44.0 Å². The summed E-state index contributed by atoms with van der Waals surface area (Å²) in [5, 5.41) is 7.32. The average Bonchev–Trinajstić information content (AvgIpc) is 3.02. The highest BCUT2D eigenvalue weighted by molar-refractivity contribution is 7.09. The lowest BCUT2D eigenvalue weighted by Crippen LogP contribution is -2.52. The number of aromatic nitrogens is 1. The second-order valence-corrected chi connectivity index (χ2v) is 6.57. The lowest BCUT2D eigenvalue weighted by molar-refractivity contribution is 0.132. The Balaban J connectivity index is 1.71. The van der Waals surface area contributed by atoms with Crippen LogP contribution in [0, 0.1) is 0 Å². The maximum absolute atomic E-state index is 4.60. The third-order valence-corrected chi connectivity index (χ3v) is 5.13. The van der Waals surface area contributed by atoms with E-state index in [1.807, 2.05) is 17.5 Å². The van der Waals surface area contributed by atoms with Gasteiger partial charge in [0.25, 0.3) is 0 Å². The molecular formula is C14H23N3S. The molecule has 1 saturated carbocycles. The molecule has 3 nitrogen and oxygen atoms in total. The maximum atomic E-state index is 4.60. The van der Waals surface area contributed by atoms with E-state index in [1.54, 1.807) is 0 Å². The molecule has 1 aliphatic carbocycles. The monoisotopic (exact) mass is 265 g/mol. The molecule has 0 spiro atoms. The van der Waals surface area contributed by atoms with Gasteiger partial charge >= 0.3 is 0 Å². The quantitative estimate of drug-likeness (QED) is 0.887. The van der Waals surface area contributed by atoms with Gasteiger partial charge in [-0.3, -0.25) is 0 Å². The molecule has 0 radical (unpaired) electrons. The fourth-order valence-electron chi connectivity index (χ4n) is 2.97. The number of hydrogen-bond acceptors (Lipinski definition) is 4. The second-order valence-electron chi connectivity index (χ2n) is 5.68. The van der Waals surface area contributed by atoms with Gasteiger partial charge in [0, 0.05) is 30.7 Å². The van der Waals surface area contributed by atoms with Crippen molar-refractivity contribution in [3.05, 3.63) is 16.6 Å². The zero-order chi connectivity index (χ0) is 12.4. The van der Waals surface area contributed by atoms with Crippen LogP contribution in [0.3, 0.4) is 0 Å². The van der Waals surface area contributed by atoms with Crippen LogP contribution in [0.25, 0.3) is 0 Å². The van der Waals surface area contributed by atoms with Crippen molar-refractivity contribution in [2.24, 2.45) is 0 Å². The fourth-order valence-corrected chi connectivity index (χ4v) is 3.83. The van der Waals surface area contributed by atoms with E-state index in [0.717, 1.165) is 6.04 Å². The summed E-state index contributed by atoms with van der Waals surface area (Å²) < 4.78 is 0. The van der Waals surface area contributed by atoms with E-state index < -0.39 is 0 Å². The van der Waals surface area contributed by atoms with E-state index >= 15 is 0 Å². The summed E-state index contributed by atoms with van der Waals surface area (Å²) in [4.78, 5) is 7.20. The van der Waals surface area contributed by atoms with Crippen LogP contribution < -0.4 is 5.32 Å². The molecule has 2 heterocycles. The topological polar surface area (TPSA) is 28.2 Å². The molecule has 2 aliphatic rings. The Hall–Kier alpha value is -0.450. The van der Waals surface area contributed by atoms with Crippen molar-refractivity contribution in [2.75, 3.05) is 19.6 Å². The average molecular weight is 265 g/mol. The first-order chi connectivity index (χ1) is 8.82. The molecule has 1 N–H and O–H groups in total. The molecule has 1 aliphatic heterocycles. The molecule has 4 heteroatoms. The zero-order valence-corrected chi connectivity index (χ0v) is 12.0. The molecule has 0 amide bonds. The zero-order valence-electron chi connectivity index (χ0n) is 11.2. The third-order valence-electron chi connectivity index (χ3n) is 4.15. The number of piperidine rings is 1. The van der Waals surface area contributed by atoms with Gasteiger partial charge in [0.05, 0.1) is 5.54 Å². The molecule has 0 atom stereocenters. The van der Waals surface area contributed by atoms with Gasteiger partial charge in [-0.05, 0) is 38.6 Å². The van der Waals surface area contributed by atoms with E-state index in [4.69, 9.17) is 0 Å². The fraction of sp³-hybridized carbons (Fsp3) is 0.786. The van der Waals surface area contributed by atoms with Crippen LogP contribution in [0.4, 0.5) is 0 Å². The molecule has 100 valence electrons. The van der Waals surface area contributed by atoms with Gasteiger partial charge in [0.15, 0.2) is 0 Å². The van der Waals surface area contributed by atoms with E-state index in [-0.39, 0.29) is 5.54 Å². The number of rotatable bonds is 5. The van der Waals surface area contributed by atoms with E-state index in [9.17, 15) is 0 Å². The highest BCUT2D eigenvalue weighted by Crippen LogP contribution is 2.37. The van der Waals surface area contributed by atoms with Crippen molar-refractivity contribution < 1.29 is 0 Å². The molecule has 1 aromatic heterocycles. The van der Waals surface area contributed by atoms with Crippen LogP contribution >= 0.6 is 11.3 Å². The Labute approximate surface area is 114 Å². The Morgan fingerprint density at radius 3 is 2.78 bits per heavy atom. The van der Waals surface area contributed by atoms with Gasteiger partial charge in [0.1, 0.15) is 5.01 Å². The normalized spacial score (nSPS) is 24.3. The number of hydrogen-bond donors (Lipinski definition) is 1. The summed E-state index contributed by atoms with van der Waals surface area (Å²) in [6.45, 7) is 5.95. The van der Waals surface area contributed by atoms with Gasteiger partial charge in [-0.2, -0.15) is 0 Å². The van der Waals surface area contributed by atoms with Crippen LogP contribution in [0.15, 0.2) is 11.6 Å². The molecule has 2 fully saturated rings. The Morgan fingerprint density at radius 1 is 1.44 bits per heavy atom. The highest BCUT2D eigenvalue weighted by atomic mass is 32.1. The minimum absolute atomic E-state index is 0.180. The molecule has 1 saturated heterocycles. The van der Waals surface area contributed by atoms with E-state index in [2.05, 4.69) is 27.5 Å². The van der Waals surface area contributed by atoms with Gasteiger partial charge < -0.3 is 10.2 Å². The van der Waals surface area contributed by atoms with E-state index in [0.29, 0.717) is 0 Å². The summed E-state index contributed by atoms with van der Waals surface area (Å²) in [6.07, 6.45) is 8.36. The lowest BCUT2D eigenvalue weighted by Gasteiger charge is -2.41. The van der Waals surface area contributed by atoms with Crippen LogP contribution in [0.2, 0.25) is 0 Å². The standard InChI is InChI=1S/C14H23N3S/c1-2-8-17-9-5-14(6-10-17,16-12-3-4-12)13-15-7-11-18-13/h7,11-12,16H,2-6,8-10H2,1H3. The van der Waals surface area contributed by atoms with Crippen LogP contribution in [-0.2, 0) is 5.54 Å². The Kier molecular flexibility index (Phi) is 3.68. The summed E-state index contributed by atoms with van der Waals surface area (Å²) in [5.74, 6) is 0. The summed E-state index contributed by atoms with van der Waals surface area (Å²) >= 11 is 1.82. The van der Waals surface area contributed by atoms with Gasteiger partial charge in [0.2, 0.25) is 0 Å². The molecule has 0 bridgehead atoms. The van der Waals surface area contributed by atoms with Crippen molar-refractivity contribution >= 4 is 11.3 Å². The van der Waals surface area contributed by atoms with Crippen molar-refractivity contribution in [3.8, 4) is 0 Å². The highest BCUT2D eigenvalue weighted by Gasteiger charge is 2.41. The van der Waals surface area contributed by atoms with Gasteiger partial charge in [-0.1, -0.05) is 6.92 Å². The summed E-state index contributed by atoms with van der Waals surface area (Å²) in [6, 6.07) is 0.756. The first-order valence-corrected chi connectivity index (χ1v) is 8.10. The molecule has 0 unspecified atom stereocenters. The van der Waals surface area contributed by atoms with Crippen molar-refractivity contribution in [2.45, 2.75) is 50.6 Å². The van der Waals surface area contributed by atoms with Crippen LogP contribution in [0.5, 0.6) is 0 Å². The lowest BCUT2D eigenvalue weighted by atomic mass is 9.87. The Morgan fingerprint density at radius 2 is 2.22 bits per heavy atom. The summed E-state index contributed by atoms with van der Waals surface area (Å²) in [7, 11) is 0. The predicted molar refractivity (Wildman–Crippen MR) is 75.9 cm³/mol. The minimum atomic E-state index is 0.180. The summed E-state index contributed by atoms with van der Waals surface area (Å²) in [5.41, 5.74) is 0.180. The smallest absolute Gasteiger partial charge is 0.113 e. The van der Waals surface area contributed by atoms with Crippen molar-refractivity contribution in [1.82, 2.24) is 15.2 Å². The SMILES string of the molecule is CCCN1CCC(NC2CC2)(c2nccs2)CC1. The van der Waals surface area contributed by atoms with Gasteiger partial charge in [-0.15, -0.1) is 11.3 Å². The third kappa shape index (κ3) is 2.60. The number of nitrogens with zero attached hydrogens (tertiary/aromatic N) is 2.